The molecule has 0 saturated carbocycles. The smallest absolute Gasteiger partial charge is 0.0462 e. The summed E-state index contributed by atoms with van der Waals surface area (Å²) in [4.78, 5) is 0. The number of nitrogens with two attached hydrogens (primary N) is 1. The minimum Gasteiger partial charge on any atom is -0.385 e. The molecule has 1 saturated heterocycles. The lowest BCUT2D eigenvalue weighted by Crippen LogP contribution is -2.28. The minimum absolute atomic E-state index is 0.442. The summed E-state index contributed by atoms with van der Waals surface area (Å²) < 4.78 is 4.99. The summed E-state index contributed by atoms with van der Waals surface area (Å²) in [5.41, 5.74) is 5.90. The highest BCUT2D eigenvalue weighted by Gasteiger charge is 2.23. The zero-order valence-corrected chi connectivity index (χ0v) is 7.90. The molecule has 1 heterocycles. The van der Waals surface area contributed by atoms with E-state index in [-0.39, 0.29) is 0 Å². The SMILES string of the molecule is COCCCC1CSCC1N. The number of ether oxygens (including phenoxy) is 1. The van der Waals surface area contributed by atoms with Crippen molar-refractivity contribution in [3.63, 3.8) is 0 Å². The van der Waals surface area contributed by atoms with Gasteiger partial charge in [0.05, 0.1) is 0 Å². The van der Waals surface area contributed by atoms with E-state index in [1.54, 1.807) is 7.11 Å². The zero-order chi connectivity index (χ0) is 8.10. The van der Waals surface area contributed by atoms with Gasteiger partial charge >= 0.3 is 0 Å². The molecule has 0 amide bonds. The van der Waals surface area contributed by atoms with Crippen molar-refractivity contribution in [3.05, 3.63) is 0 Å². The molecule has 66 valence electrons. The van der Waals surface area contributed by atoms with Crippen LogP contribution in [0.4, 0.5) is 0 Å². The first-order chi connectivity index (χ1) is 5.34. The van der Waals surface area contributed by atoms with Gasteiger partial charge in [0.25, 0.3) is 0 Å². The molecular weight excluding hydrogens is 158 g/mol. The Hall–Kier alpha value is 0.270. The molecule has 0 bridgehead atoms. The molecule has 0 aromatic heterocycles. The van der Waals surface area contributed by atoms with Crippen LogP contribution in [-0.4, -0.2) is 31.3 Å². The molecule has 1 aliphatic heterocycles. The second kappa shape index (κ2) is 5.01. The monoisotopic (exact) mass is 175 g/mol. The van der Waals surface area contributed by atoms with Gasteiger partial charge in [-0.25, -0.2) is 0 Å². The Morgan fingerprint density at radius 1 is 1.55 bits per heavy atom. The van der Waals surface area contributed by atoms with E-state index < -0.39 is 0 Å². The van der Waals surface area contributed by atoms with Crippen LogP contribution in [0.25, 0.3) is 0 Å². The number of methoxy groups -OCH3 is 1. The molecule has 3 heteroatoms. The number of hydrogen-bond acceptors (Lipinski definition) is 3. The van der Waals surface area contributed by atoms with Crippen molar-refractivity contribution in [2.45, 2.75) is 18.9 Å². The van der Waals surface area contributed by atoms with E-state index in [1.165, 1.54) is 12.2 Å². The van der Waals surface area contributed by atoms with E-state index in [0.29, 0.717) is 6.04 Å². The van der Waals surface area contributed by atoms with Crippen molar-refractivity contribution in [2.24, 2.45) is 11.7 Å². The zero-order valence-electron chi connectivity index (χ0n) is 7.08. The van der Waals surface area contributed by atoms with Crippen molar-refractivity contribution in [3.8, 4) is 0 Å². The third-order valence-corrected chi connectivity index (χ3v) is 3.46. The summed E-state index contributed by atoms with van der Waals surface area (Å²) in [5, 5.41) is 0. The van der Waals surface area contributed by atoms with Gasteiger partial charge in [0.1, 0.15) is 0 Å². The third-order valence-electron chi connectivity index (χ3n) is 2.17. The highest BCUT2D eigenvalue weighted by Crippen LogP contribution is 2.26. The standard InChI is InChI=1S/C8H17NOS/c1-10-4-2-3-7-5-11-6-8(7)9/h7-8H,2-6,9H2,1H3. The first-order valence-electron chi connectivity index (χ1n) is 4.17. The lowest BCUT2D eigenvalue weighted by atomic mass is 9.99. The maximum absolute atomic E-state index is 5.90. The Kier molecular flexibility index (Phi) is 4.26. The van der Waals surface area contributed by atoms with Crippen LogP contribution in [-0.2, 0) is 4.74 Å². The van der Waals surface area contributed by atoms with Gasteiger partial charge in [-0.05, 0) is 24.5 Å². The number of thioether (sulfide) groups is 1. The maximum Gasteiger partial charge on any atom is 0.0462 e. The normalized spacial score (nSPS) is 31.1. The van der Waals surface area contributed by atoms with Crippen LogP contribution < -0.4 is 5.73 Å². The van der Waals surface area contributed by atoms with Crippen molar-refractivity contribution in [1.82, 2.24) is 0 Å². The summed E-state index contributed by atoms with van der Waals surface area (Å²) in [6.45, 7) is 0.883. The highest BCUT2D eigenvalue weighted by atomic mass is 32.2. The molecule has 0 radical (unpaired) electrons. The van der Waals surface area contributed by atoms with Crippen molar-refractivity contribution in [2.75, 3.05) is 25.2 Å². The third kappa shape index (κ3) is 3.01. The van der Waals surface area contributed by atoms with Gasteiger partial charge in [0.15, 0.2) is 0 Å². The van der Waals surface area contributed by atoms with E-state index in [2.05, 4.69) is 0 Å². The van der Waals surface area contributed by atoms with Crippen LogP contribution in [0, 0.1) is 5.92 Å². The minimum atomic E-state index is 0.442. The van der Waals surface area contributed by atoms with Crippen LogP contribution >= 0.6 is 11.8 Å². The molecule has 11 heavy (non-hydrogen) atoms. The van der Waals surface area contributed by atoms with Gasteiger partial charge in [-0.3, -0.25) is 0 Å². The summed E-state index contributed by atoms with van der Waals surface area (Å²) in [7, 11) is 1.75. The quantitative estimate of drug-likeness (QED) is 0.650. The lowest BCUT2D eigenvalue weighted by molar-refractivity contribution is 0.187. The van der Waals surface area contributed by atoms with Crippen LogP contribution in [0.15, 0.2) is 0 Å². The Morgan fingerprint density at radius 2 is 2.36 bits per heavy atom. The number of rotatable bonds is 4. The van der Waals surface area contributed by atoms with Gasteiger partial charge in [0.2, 0.25) is 0 Å². The number of hydrogen-bond donors (Lipinski definition) is 1. The van der Waals surface area contributed by atoms with Crippen molar-refractivity contribution >= 4 is 11.8 Å². The molecule has 1 aliphatic rings. The first kappa shape index (κ1) is 9.36. The Bertz CT molecular complexity index is 110. The fraction of sp³-hybridized carbons (Fsp3) is 1.00. The van der Waals surface area contributed by atoms with Crippen molar-refractivity contribution < 1.29 is 4.74 Å². The van der Waals surface area contributed by atoms with Gasteiger partial charge < -0.3 is 10.5 Å². The molecule has 1 fully saturated rings. The van der Waals surface area contributed by atoms with Crippen LogP contribution in [0.2, 0.25) is 0 Å². The Morgan fingerprint density at radius 3 is 2.91 bits per heavy atom. The predicted octanol–water partition coefficient (Wildman–Crippen LogP) is 1.10. The average Bonchev–Trinajstić information content (AvgIpc) is 2.37. The average molecular weight is 175 g/mol. The fourth-order valence-electron chi connectivity index (χ4n) is 1.40. The Balaban J connectivity index is 2.05. The molecule has 2 unspecified atom stereocenters. The topological polar surface area (TPSA) is 35.2 Å². The van der Waals surface area contributed by atoms with Crippen molar-refractivity contribution in [1.29, 1.82) is 0 Å². The summed E-state index contributed by atoms with van der Waals surface area (Å²) >= 11 is 1.98. The van der Waals surface area contributed by atoms with Crippen LogP contribution in [0.3, 0.4) is 0 Å². The second-order valence-electron chi connectivity index (χ2n) is 3.10. The molecule has 1 rings (SSSR count). The van der Waals surface area contributed by atoms with E-state index in [9.17, 15) is 0 Å². The molecule has 2 nitrogen and oxygen atoms in total. The van der Waals surface area contributed by atoms with Gasteiger partial charge in [-0.1, -0.05) is 0 Å². The van der Waals surface area contributed by atoms with E-state index in [0.717, 1.165) is 24.7 Å². The van der Waals surface area contributed by atoms with Gasteiger partial charge in [-0.2, -0.15) is 11.8 Å². The van der Waals surface area contributed by atoms with E-state index in [4.69, 9.17) is 10.5 Å². The molecule has 0 aromatic rings. The fourth-order valence-corrected chi connectivity index (χ4v) is 2.80. The second-order valence-corrected chi connectivity index (χ2v) is 4.17. The summed E-state index contributed by atoms with van der Waals surface area (Å²) in [6.07, 6.45) is 2.40. The first-order valence-corrected chi connectivity index (χ1v) is 5.32. The largest absolute Gasteiger partial charge is 0.385 e. The van der Waals surface area contributed by atoms with Gasteiger partial charge in [-0.15, -0.1) is 0 Å². The Labute approximate surface area is 72.9 Å². The summed E-state index contributed by atoms with van der Waals surface area (Å²) in [5.74, 6) is 3.15. The summed E-state index contributed by atoms with van der Waals surface area (Å²) in [6, 6.07) is 0.442. The van der Waals surface area contributed by atoms with Crippen LogP contribution in [0.5, 0.6) is 0 Å². The van der Waals surface area contributed by atoms with E-state index in [1.807, 2.05) is 11.8 Å². The predicted molar refractivity (Wildman–Crippen MR) is 49.9 cm³/mol. The molecular formula is C8H17NOS. The lowest BCUT2D eigenvalue weighted by Gasteiger charge is -2.12. The molecule has 0 aliphatic carbocycles. The molecule has 2 atom stereocenters. The molecule has 0 aromatic carbocycles. The highest BCUT2D eigenvalue weighted by molar-refractivity contribution is 7.99. The van der Waals surface area contributed by atoms with Gasteiger partial charge in [0, 0.05) is 25.5 Å². The van der Waals surface area contributed by atoms with Crippen LogP contribution in [0.1, 0.15) is 12.8 Å². The maximum atomic E-state index is 5.90. The molecule has 2 N–H and O–H groups in total. The molecule has 0 spiro atoms. The van der Waals surface area contributed by atoms with E-state index >= 15 is 0 Å².